The van der Waals surface area contributed by atoms with E-state index in [4.69, 9.17) is 0 Å². The first-order chi connectivity index (χ1) is 13.3. The van der Waals surface area contributed by atoms with Crippen molar-refractivity contribution in [2.45, 2.75) is 57.0 Å². The molecular weight excluding hydrogens is 350 g/mol. The number of carbonyl (C=O) groups excluding carboxylic acids is 1. The van der Waals surface area contributed by atoms with Crippen molar-refractivity contribution in [1.29, 1.82) is 5.26 Å². The Morgan fingerprint density at radius 2 is 2.04 bits per heavy atom. The number of amides is 1. The van der Waals surface area contributed by atoms with Crippen LogP contribution in [0, 0.1) is 28.6 Å². The van der Waals surface area contributed by atoms with Gasteiger partial charge in [-0.3, -0.25) is 4.79 Å². The summed E-state index contributed by atoms with van der Waals surface area (Å²) in [4.78, 5) is 16.9. The molecule has 2 aromatic rings. The van der Waals surface area contributed by atoms with E-state index in [2.05, 4.69) is 28.5 Å². The van der Waals surface area contributed by atoms with Crippen LogP contribution in [0.1, 0.15) is 51.5 Å². The molecule has 3 fully saturated rings. The highest BCUT2D eigenvalue weighted by Gasteiger charge is 2.75. The molecule has 0 radical (unpaired) electrons. The first kappa shape index (κ1) is 17.6. The average molecular weight is 375 g/mol. The Kier molecular flexibility index (Phi) is 3.49. The quantitative estimate of drug-likeness (QED) is 0.848. The van der Waals surface area contributed by atoms with Gasteiger partial charge in [-0.1, -0.05) is 12.1 Å². The highest BCUT2D eigenvalue weighted by molar-refractivity contribution is 5.94. The van der Waals surface area contributed by atoms with E-state index in [1.807, 2.05) is 12.1 Å². The fraction of sp³-hybridized carbons (Fsp3) is 0.522. The lowest BCUT2D eigenvalue weighted by molar-refractivity contribution is -0.128. The van der Waals surface area contributed by atoms with E-state index in [0.717, 1.165) is 35.6 Å². The number of nitrogens with zero attached hydrogens (tertiary/aromatic N) is 2. The van der Waals surface area contributed by atoms with E-state index in [1.165, 1.54) is 0 Å². The fourth-order valence-electron chi connectivity index (χ4n) is 4.96. The van der Waals surface area contributed by atoms with Crippen LogP contribution in [-0.4, -0.2) is 21.6 Å². The maximum Gasteiger partial charge on any atom is 0.228 e. The minimum absolute atomic E-state index is 0.0314. The molecule has 1 aromatic heterocycles. The highest BCUT2D eigenvalue weighted by atomic mass is 16.3. The van der Waals surface area contributed by atoms with Gasteiger partial charge in [0.25, 0.3) is 0 Å². The van der Waals surface area contributed by atoms with Gasteiger partial charge in [-0.05, 0) is 80.4 Å². The van der Waals surface area contributed by atoms with Crippen LogP contribution in [0.4, 0.5) is 5.82 Å². The van der Waals surface area contributed by atoms with E-state index in [9.17, 15) is 15.2 Å². The van der Waals surface area contributed by atoms with Crippen molar-refractivity contribution in [2.24, 2.45) is 17.3 Å². The molecule has 1 amide bonds. The number of benzene rings is 1. The summed E-state index contributed by atoms with van der Waals surface area (Å²) in [7, 11) is 0. The summed E-state index contributed by atoms with van der Waals surface area (Å²) in [5, 5.41) is 24.7. The summed E-state index contributed by atoms with van der Waals surface area (Å²) >= 11 is 0. The van der Waals surface area contributed by atoms with Gasteiger partial charge in [0.05, 0.1) is 17.1 Å². The van der Waals surface area contributed by atoms with Crippen molar-refractivity contribution in [3.63, 3.8) is 0 Å². The van der Waals surface area contributed by atoms with Gasteiger partial charge >= 0.3 is 0 Å². The maximum absolute atomic E-state index is 12.5. The third-order valence-electron chi connectivity index (χ3n) is 7.40. The molecule has 0 aliphatic heterocycles. The lowest BCUT2D eigenvalue weighted by Gasteiger charge is -2.41. The number of hydrogen-bond donors (Lipinski definition) is 2. The lowest BCUT2D eigenvalue weighted by Crippen LogP contribution is -2.44. The molecule has 0 unspecified atom stereocenters. The minimum Gasteiger partial charge on any atom is -0.390 e. The second kappa shape index (κ2) is 5.55. The number of nitrogens with one attached hydrogen (secondary N) is 1. The van der Waals surface area contributed by atoms with Gasteiger partial charge in [0.2, 0.25) is 5.91 Å². The van der Waals surface area contributed by atoms with Crippen molar-refractivity contribution in [2.75, 3.05) is 5.32 Å². The van der Waals surface area contributed by atoms with Crippen LogP contribution in [0.2, 0.25) is 0 Å². The standard InChI is InChI=1S/C23H25N3O2/c1-21(2,28)18-8-16(9-18)20(27)26-19-10-15-7-17(4-3-14(15)11-25-19)23(13-24)12-22(23)5-6-22/h3-4,7,10-11,16,18,28H,5-6,8-9,12H2,1-2H3,(H,25,26,27)/t16?,18?,23-/m0/s1. The molecule has 1 atom stereocenters. The van der Waals surface area contributed by atoms with Crippen LogP contribution in [0.3, 0.4) is 0 Å². The number of anilines is 1. The average Bonchev–Trinajstić information content (AvgIpc) is 3.50. The van der Waals surface area contributed by atoms with Crippen LogP contribution >= 0.6 is 0 Å². The smallest absolute Gasteiger partial charge is 0.228 e. The number of pyridine rings is 1. The number of hydrogen-bond acceptors (Lipinski definition) is 4. The summed E-state index contributed by atoms with van der Waals surface area (Å²) < 4.78 is 0. The van der Waals surface area contributed by atoms with Crippen LogP contribution in [-0.2, 0) is 10.2 Å². The fourth-order valence-corrected chi connectivity index (χ4v) is 4.96. The Bertz CT molecular complexity index is 1020. The van der Waals surface area contributed by atoms with Gasteiger partial charge in [0.15, 0.2) is 0 Å². The number of aliphatic hydroxyl groups is 1. The predicted molar refractivity (Wildman–Crippen MR) is 106 cm³/mol. The van der Waals surface area contributed by atoms with Crippen molar-refractivity contribution in [3.05, 3.63) is 36.0 Å². The van der Waals surface area contributed by atoms with Gasteiger partial charge < -0.3 is 10.4 Å². The van der Waals surface area contributed by atoms with Gasteiger partial charge in [-0.25, -0.2) is 4.98 Å². The first-order valence-electron chi connectivity index (χ1n) is 10.1. The van der Waals surface area contributed by atoms with Crippen molar-refractivity contribution in [3.8, 4) is 6.07 Å². The number of carbonyl (C=O) groups is 1. The molecule has 2 N–H and O–H groups in total. The Morgan fingerprint density at radius 3 is 2.64 bits per heavy atom. The Labute approximate surface area is 164 Å². The molecule has 1 heterocycles. The van der Waals surface area contributed by atoms with Crippen LogP contribution < -0.4 is 5.32 Å². The van der Waals surface area contributed by atoms with E-state index < -0.39 is 5.60 Å². The Hall–Kier alpha value is -2.45. The summed E-state index contributed by atoms with van der Waals surface area (Å²) in [5.74, 6) is 0.620. The molecule has 144 valence electrons. The lowest BCUT2D eigenvalue weighted by atomic mass is 9.67. The topological polar surface area (TPSA) is 86.0 Å². The summed E-state index contributed by atoms with van der Waals surface area (Å²) in [6.45, 7) is 3.60. The molecule has 3 saturated carbocycles. The minimum atomic E-state index is -0.729. The molecule has 1 aromatic carbocycles. The largest absolute Gasteiger partial charge is 0.390 e. The van der Waals surface area contributed by atoms with Crippen molar-refractivity contribution >= 4 is 22.5 Å². The zero-order chi connectivity index (χ0) is 19.7. The second-order valence-electron chi connectivity index (χ2n) is 9.61. The maximum atomic E-state index is 12.5. The van der Waals surface area contributed by atoms with Crippen molar-refractivity contribution < 1.29 is 9.90 Å². The van der Waals surface area contributed by atoms with Gasteiger partial charge in [0, 0.05) is 17.5 Å². The first-order valence-corrected chi connectivity index (χ1v) is 10.1. The van der Waals surface area contributed by atoms with Gasteiger partial charge in [-0.2, -0.15) is 5.26 Å². The normalized spacial score (nSPS) is 29.8. The molecule has 1 spiro atoms. The Balaban J connectivity index is 1.34. The van der Waals surface area contributed by atoms with Crippen LogP contribution in [0.15, 0.2) is 30.5 Å². The molecule has 3 aliphatic rings. The van der Waals surface area contributed by atoms with Gasteiger partial charge in [0.1, 0.15) is 5.82 Å². The summed E-state index contributed by atoms with van der Waals surface area (Å²) in [5.41, 5.74) is 0.287. The predicted octanol–water partition coefficient (Wildman–Crippen LogP) is 3.92. The van der Waals surface area contributed by atoms with E-state index in [1.54, 1.807) is 20.0 Å². The molecule has 5 rings (SSSR count). The van der Waals surface area contributed by atoms with E-state index in [-0.39, 0.29) is 28.6 Å². The zero-order valence-electron chi connectivity index (χ0n) is 16.3. The summed E-state index contributed by atoms with van der Waals surface area (Å²) in [6, 6.07) is 10.6. The Morgan fingerprint density at radius 1 is 1.29 bits per heavy atom. The number of fused-ring (bicyclic) bond motifs is 1. The molecular formula is C23H25N3O2. The number of rotatable bonds is 4. The van der Waals surface area contributed by atoms with Crippen molar-refractivity contribution in [1.82, 2.24) is 4.98 Å². The van der Waals surface area contributed by atoms with E-state index in [0.29, 0.717) is 18.7 Å². The van der Waals surface area contributed by atoms with Gasteiger partial charge in [-0.15, -0.1) is 0 Å². The highest BCUT2D eigenvalue weighted by Crippen LogP contribution is 2.78. The summed E-state index contributed by atoms with van der Waals surface area (Å²) in [6.07, 6.45) is 6.47. The molecule has 5 nitrogen and oxygen atoms in total. The molecule has 0 saturated heterocycles. The monoisotopic (exact) mass is 375 g/mol. The SMILES string of the molecule is CC(C)(O)C1CC(C(=O)Nc2cc3cc([C@@]4(C#N)CC45CC5)ccc3cn2)C1. The molecule has 5 heteroatoms. The van der Waals surface area contributed by atoms with Crippen LogP contribution in [0.5, 0.6) is 0 Å². The third-order valence-corrected chi connectivity index (χ3v) is 7.40. The van der Waals surface area contributed by atoms with Crippen LogP contribution in [0.25, 0.3) is 10.8 Å². The zero-order valence-corrected chi connectivity index (χ0v) is 16.3. The molecule has 3 aliphatic carbocycles. The number of aromatic nitrogens is 1. The molecule has 0 bridgehead atoms. The number of nitriles is 1. The second-order valence-corrected chi connectivity index (χ2v) is 9.61. The third kappa shape index (κ3) is 2.55. The van der Waals surface area contributed by atoms with E-state index >= 15 is 0 Å². The molecule has 28 heavy (non-hydrogen) atoms.